The highest BCUT2D eigenvalue weighted by Crippen LogP contribution is 2.05. The fraction of sp³-hybridized carbons (Fsp3) is 0.364. The van der Waals surface area contributed by atoms with E-state index in [-0.39, 0.29) is 23.3 Å². The Hall–Kier alpha value is -2.90. The molecule has 7 nitrogen and oxygen atoms in total. The van der Waals surface area contributed by atoms with Crippen molar-refractivity contribution >= 4 is 11.8 Å². The number of morpholine rings is 1. The lowest BCUT2D eigenvalue weighted by Gasteiger charge is -2.26. The number of nitrogens with one attached hydrogen (secondary N) is 2. The summed E-state index contributed by atoms with van der Waals surface area (Å²) >= 11 is 0. The first-order chi connectivity index (χ1) is 14.1. The van der Waals surface area contributed by atoms with Crippen molar-refractivity contribution < 1.29 is 19.1 Å². The van der Waals surface area contributed by atoms with E-state index in [9.17, 15) is 9.59 Å². The molecule has 0 spiro atoms. The summed E-state index contributed by atoms with van der Waals surface area (Å²) in [6.07, 6.45) is 5.38. The Morgan fingerprint density at radius 3 is 2.66 bits per heavy atom. The number of benzene rings is 1. The number of carbonyl (C=O) groups excluding carboxylic acids is 2. The molecule has 0 radical (unpaired) electrons. The molecule has 1 aromatic carbocycles. The van der Waals surface area contributed by atoms with Crippen molar-refractivity contribution in [2.24, 2.45) is 0 Å². The van der Waals surface area contributed by atoms with E-state index in [0.717, 1.165) is 39.3 Å². The van der Waals surface area contributed by atoms with Crippen LogP contribution in [0.5, 0.6) is 0 Å². The normalized spacial score (nSPS) is 15.1. The molecule has 2 rings (SSSR count). The number of rotatable bonds is 10. The topological polar surface area (TPSA) is 79.9 Å². The zero-order chi connectivity index (χ0) is 20.9. The first-order valence-corrected chi connectivity index (χ1v) is 9.73. The molecule has 1 aliphatic rings. The molecule has 0 unspecified atom stereocenters. The molecule has 156 valence electrons. The van der Waals surface area contributed by atoms with Crippen LogP contribution in [0.1, 0.15) is 23.7 Å². The Morgan fingerprint density at radius 1 is 1.24 bits per heavy atom. The van der Waals surface area contributed by atoms with Crippen LogP contribution in [0.15, 0.2) is 66.8 Å². The molecule has 29 heavy (non-hydrogen) atoms. The van der Waals surface area contributed by atoms with E-state index in [1.165, 1.54) is 12.3 Å². The van der Waals surface area contributed by atoms with Gasteiger partial charge in [-0.1, -0.05) is 30.9 Å². The van der Waals surface area contributed by atoms with E-state index in [2.05, 4.69) is 22.1 Å². The molecule has 0 saturated carbocycles. The third-order valence-corrected chi connectivity index (χ3v) is 4.23. The van der Waals surface area contributed by atoms with Gasteiger partial charge in [0.15, 0.2) is 0 Å². The highest BCUT2D eigenvalue weighted by atomic mass is 16.5. The van der Waals surface area contributed by atoms with Crippen LogP contribution in [-0.4, -0.2) is 56.1 Å². The first kappa shape index (κ1) is 22.4. The molecule has 1 heterocycles. The highest BCUT2D eigenvalue weighted by molar-refractivity contribution is 6.02. The Kier molecular flexibility index (Phi) is 9.68. The number of ether oxygens (including phenoxy) is 2. The van der Waals surface area contributed by atoms with Gasteiger partial charge in [0.1, 0.15) is 11.5 Å². The lowest BCUT2D eigenvalue weighted by atomic mass is 10.2. The number of carbonyl (C=O) groups is 2. The predicted octanol–water partition coefficient (Wildman–Crippen LogP) is 2.20. The summed E-state index contributed by atoms with van der Waals surface area (Å²) in [6.45, 7) is 10.3. The maximum atomic E-state index is 12.6. The molecule has 2 amide bonds. The molecule has 0 bridgehead atoms. The summed E-state index contributed by atoms with van der Waals surface area (Å²) in [5.41, 5.74) is 0.540. The summed E-state index contributed by atoms with van der Waals surface area (Å²) in [7, 11) is 0. The van der Waals surface area contributed by atoms with Crippen molar-refractivity contribution in [2.45, 2.75) is 13.3 Å². The molecule has 1 fully saturated rings. The van der Waals surface area contributed by atoms with Gasteiger partial charge in [-0.25, -0.2) is 0 Å². The molecule has 2 N–H and O–H groups in total. The summed E-state index contributed by atoms with van der Waals surface area (Å²) in [5.74, 6) is -0.518. The average molecular weight is 399 g/mol. The van der Waals surface area contributed by atoms with Crippen LogP contribution in [0.2, 0.25) is 0 Å². The second kappa shape index (κ2) is 12.5. The van der Waals surface area contributed by atoms with Crippen LogP contribution in [0.4, 0.5) is 0 Å². The van der Waals surface area contributed by atoms with Crippen molar-refractivity contribution in [2.75, 3.05) is 39.4 Å². The Balaban J connectivity index is 1.93. The predicted molar refractivity (Wildman–Crippen MR) is 112 cm³/mol. The third kappa shape index (κ3) is 8.33. The van der Waals surface area contributed by atoms with Gasteiger partial charge in [-0.3, -0.25) is 14.5 Å². The van der Waals surface area contributed by atoms with E-state index in [0.29, 0.717) is 12.1 Å². The van der Waals surface area contributed by atoms with Gasteiger partial charge in [-0.2, -0.15) is 0 Å². The van der Waals surface area contributed by atoms with Crippen molar-refractivity contribution in [3.63, 3.8) is 0 Å². The minimum atomic E-state index is -0.388. The lowest BCUT2D eigenvalue weighted by Crippen LogP contribution is -2.39. The second-order valence-electron chi connectivity index (χ2n) is 6.50. The largest absolute Gasteiger partial charge is 0.466 e. The minimum Gasteiger partial charge on any atom is -0.466 e. The Morgan fingerprint density at radius 2 is 1.97 bits per heavy atom. The van der Waals surface area contributed by atoms with E-state index in [4.69, 9.17) is 9.47 Å². The molecule has 1 aliphatic heterocycles. The number of hydrogen-bond acceptors (Lipinski definition) is 5. The molecule has 0 aliphatic carbocycles. The van der Waals surface area contributed by atoms with Crippen molar-refractivity contribution in [3.05, 3.63) is 72.3 Å². The Bertz CT molecular complexity index is 738. The Labute approximate surface area is 172 Å². The maximum Gasteiger partial charge on any atom is 0.267 e. The third-order valence-electron chi connectivity index (χ3n) is 4.23. The number of hydrogen-bond donors (Lipinski definition) is 2. The second-order valence-corrected chi connectivity index (χ2v) is 6.50. The molecule has 0 aromatic heterocycles. The minimum absolute atomic E-state index is 0.0831. The molecule has 1 saturated heterocycles. The van der Waals surface area contributed by atoms with Crippen molar-refractivity contribution in [1.29, 1.82) is 0 Å². The van der Waals surface area contributed by atoms with Crippen LogP contribution in [0, 0.1) is 0 Å². The van der Waals surface area contributed by atoms with E-state index >= 15 is 0 Å². The van der Waals surface area contributed by atoms with E-state index in [1.54, 1.807) is 37.3 Å². The smallest absolute Gasteiger partial charge is 0.267 e. The molecule has 7 heteroatoms. The summed E-state index contributed by atoms with van der Waals surface area (Å²) in [4.78, 5) is 27.4. The van der Waals surface area contributed by atoms with Gasteiger partial charge in [0.25, 0.3) is 11.8 Å². The van der Waals surface area contributed by atoms with Gasteiger partial charge >= 0.3 is 0 Å². The molecule has 1 aromatic rings. The van der Waals surface area contributed by atoms with Crippen LogP contribution in [-0.2, 0) is 14.3 Å². The highest BCUT2D eigenvalue weighted by Gasteiger charge is 2.15. The van der Waals surface area contributed by atoms with Gasteiger partial charge in [-0.05, 0) is 32.0 Å². The first-order valence-electron chi connectivity index (χ1n) is 9.73. The summed E-state index contributed by atoms with van der Waals surface area (Å²) in [5, 5.41) is 5.50. The van der Waals surface area contributed by atoms with Crippen LogP contribution >= 0.6 is 0 Å². The molecular weight excluding hydrogens is 370 g/mol. The quantitative estimate of drug-likeness (QED) is 0.273. The van der Waals surface area contributed by atoms with Crippen molar-refractivity contribution in [1.82, 2.24) is 15.5 Å². The van der Waals surface area contributed by atoms with Gasteiger partial charge in [0.2, 0.25) is 0 Å². The fourth-order valence-corrected chi connectivity index (χ4v) is 2.72. The van der Waals surface area contributed by atoms with E-state index in [1.807, 2.05) is 6.07 Å². The van der Waals surface area contributed by atoms with Crippen LogP contribution in [0.3, 0.4) is 0 Å². The fourth-order valence-electron chi connectivity index (χ4n) is 2.72. The maximum absolute atomic E-state index is 12.6. The van der Waals surface area contributed by atoms with Gasteiger partial charge in [0.05, 0.1) is 19.5 Å². The van der Waals surface area contributed by atoms with E-state index < -0.39 is 0 Å². The summed E-state index contributed by atoms with van der Waals surface area (Å²) in [6, 6.07) is 8.70. The number of amides is 2. The van der Waals surface area contributed by atoms with Crippen LogP contribution in [0.25, 0.3) is 0 Å². The van der Waals surface area contributed by atoms with Crippen LogP contribution < -0.4 is 10.6 Å². The van der Waals surface area contributed by atoms with Crippen molar-refractivity contribution in [3.8, 4) is 0 Å². The molecular formula is C22H29N3O4. The summed E-state index contributed by atoms with van der Waals surface area (Å²) < 4.78 is 10.6. The zero-order valence-corrected chi connectivity index (χ0v) is 16.9. The zero-order valence-electron chi connectivity index (χ0n) is 16.9. The van der Waals surface area contributed by atoms with Gasteiger partial charge in [0, 0.05) is 31.3 Å². The lowest BCUT2D eigenvalue weighted by molar-refractivity contribution is -0.117. The number of allylic oxidation sites excluding steroid dienone is 2. The standard InChI is InChI=1S/C22H29N3O4/c1-3-14-29-18(2)17-20(24-21(26)19-8-5-4-6-9-19)22(27)23-10-7-11-25-12-15-28-16-13-25/h3-6,8-9,14,17H,2,7,10-13,15-16H2,1H3,(H,23,27)(H,24,26). The van der Waals surface area contributed by atoms with Gasteiger partial charge < -0.3 is 20.1 Å². The number of nitrogens with zero attached hydrogens (tertiary/aromatic N) is 1. The van der Waals surface area contributed by atoms with Gasteiger partial charge in [-0.15, -0.1) is 0 Å². The molecule has 0 atom stereocenters. The monoisotopic (exact) mass is 399 g/mol. The average Bonchev–Trinajstić information content (AvgIpc) is 2.76. The SMILES string of the molecule is C=C(C=C(NC(=O)c1ccccc1)C(=O)NCCCN1CCOCC1)OC=CC.